The van der Waals surface area contributed by atoms with Gasteiger partial charge in [0.25, 0.3) is 4.84 Å². The second kappa shape index (κ2) is 7.11. The highest BCUT2D eigenvalue weighted by atomic mass is 32.1. The van der Waals surface area contributed by atoms with Crippen molar-refractivity contribution >= 4 is 23.6 Å². The summed E-state index contributed by atoms with van der Waals surface area (Å²) in [6, 6.07) is 12.4. The first-order valence-electron chi connectivity index (χ1n) is 8.24. The fourth-order valence-corrected chi connectivity index (χ4v) is 4.29. The van der Waals surface area contributed by atoms with Gasteiger partial charge < -0.3 is 9.15 Å². The van der Waals surface area contributed by atoms with Crippen LogP contribution >= 0.6 is 23.6 Å². The van der Waals surface area contributed by atoms with Crippen molar-refractivity contribution in [3.05, 3.63) is 51.5 Å². The van der Waals surface area contributed by atoms with E-state index in [1.807, 2.05) is 35.6 Å². The van der Waals surface area contributed by atoms with Crippen LogP contribution in [0.1, 0.15) is 23.8 Å². The first kappa shape index (κ1) is 16.5. The SMILES string of the molecule is COc1ccc(-c2nn(CN3CCC[C@@H]3c3cccs3)c(=S)o2)cc1. The van der Waals surface area contributed by atoms with Crippen molar-refractivity contribution in [2.45, 2.75) is 25.6 Å². The first-order valence-corrected chi connectivity index (χ1v) is 9.53. The van der Waals surface area contributed by atoms with Crippen molar-refractivity contribution in [2.24, 2.45) is 0 Å². The van der Waals surface area contributed by atoms with Crippen LogP contribution in [0.3, 0.4) is 0 Å². The van der Waals surface area contributed by atoms with Crippen LogP contribution in [0, 0.1) is 4.84 Å². The van der Waals surface area contributed by atoms with Gasteiger partial charge in [-0.2, -0.15) is 0 Å². The molecule has 1 atom stereocenters. The van der Waals surface area contributed by atoms with E-state index in [1.165, 1.54) is 17.7 Å². The average molecular weight is 374 g/mol. The molecule has 1 aliphatic rings. The summed E-state index contributed by atoms with van der Waals surface area (Å²) in [5, 5.41) is 6.72. The summed E-state index contributed by atoms with van der Waals surface area (Å²) in [6.07, 6.45) is 2.37. The molecule has 130 valence electrons. The Kier molecular flexibility index (Phi) is 4.70. The van der Waals surface area contributed by atoms with E-state index in [0.29, 0.717) is 23.4 Å². The van der Waals surface area contributed by atoms with Crippen LogP contribution in [0.15, 0.2) is 46.2 Å². The van der Waals surface area contributed by atoms with Crippen molar-refractivity contribution in [1.82, 2.24) is 14.7 Å². The standard InChI is InChI=1S/C18H19N3O2S2/c1-22-14-8-6-13(7-9-14)17-19-21(18(24)23-17)12-20-10-2-4-15(20)16-5-3-11-25-16/h3,5-9,11,15H,2,4,10,12H2,1H3/t15-/m1/s1. The second-order valence-electron chi connectivity index (χ2n) is 6.03. The number of rotatable bonds is 5. The minimum absolute atomic E-state index is 0.405. The molecule has 3 aromatic rings. The molecular formula is C18H19N3O2S2. The fourth-order valence-electron chi connectivity index (χ4n) is 3.22. The van der Waals surface area contributed by atoms with Crippen LogP contribution in [0.5, 0.6) is 5.75 Å². The summed E-state index contributed by atoms with van der Waals surface area (Å²) in [5.74, 6) is 1.34. The number of methoxy groups -OCH3 is 1. The molecule has 1 aromatic carbocycles. The minimum atomic E-state index is 0.405. The molecular weight excluding hydrogens is 354 g/mol. The highest BCUT2D eigenvalue weighted by Gasteiger charge is 2.27. The molecule has 7 heteroatoms. The second-order valence-corrected chi connectivity index (χ2v) is 7.36. The molecule has 2 aromatic heterocycles. The van der Waals surface area contributed by atoms with Gasteiger partial charge in [-0.15, -0.1) is 16.4 Å². The quantitative estimate of drug-likeness (QED) is 0.605. The van der Waals surface area contributed by atoms with Gasteiger partial charge in [0, 0.05) is 23.0 Å². The number of benzene rings is 1. The molecule has 25 heavy (non-hydrogen) atoms. The van der Waals surface area contributed by atoms with Gasteiger partial charge in [-0.05, 0) is 60.8 Å². The minimum Gasteiger partial charge on any atom is -0.497 e. The number of ether oxygens (including phenoxy) is 1. The van der Waals surface area contributed by atoms with E-state index in [2.05, 4.69) is 27.5 Å². The van der Waals surface area contributed by atoms with E-state index in [4.69, 9.17) is 21.4 Å². The lowest BCUT2D eigenvalue weighted by molar-refractivity contribution is 0.190. The molecule has 0 spiro atoms. The molecule has 0 bridgehead atoms. The summed E-state index contributed by atoms with van der Waals surface area (Å²) in [4.78, 5) is 4.23. The smallest absolute Gasteiger partial charge is 0.288 e. The van der Waals surface area contributed by atoms with Crippen molar-refractivity contribution in [3.8, 4) is 17.2 Å². The zero-order chi connectivity index (χ0) is 17.2. The van der Waals surface area contributed by atoms with E-state index >= 15 is 0 Å². The van der Waals surface area contributed by atoms with E-state index in [1.54, 1.807) is 11.8 Å². The molecule has 1 aliphatic heterocycles. The highest BCUT2D eigenvalue weighted by Crippen LogP contribution is 2.34. The Morgan fingerprint density at radius 1 is 1.32 bits per heavy atom. The van der Waals surface area contributed by atoms with Crippen LogP contribution < -0.4 is 4.74 Å². The lowest BCUT2D eigenvalue weighted by atomic mass is 10.2. The van der Waals surface area contributed by atoms with Crippen molar-refractivity contribution in [2.75, 3.05) is 13.7 Å². The van der Waals surface area contributed by atoms with Gasteiger partial charge >= 0.3 is 0 Å². The van der Waals surface area contributed by atoms with Gasteiger partial charge in [-0.3, -0.25) is 4.90 Å². The number of hydrogen-bond acceptors (Lipinski definition) is 6. The summed E-state index contributed by atoms with van der Waals surface area (Å²) in [6.45, 7) is 1.70. The number of thiophene rings is 1. The average Bonchev–Trinajstić information content (AvgIpc) is 3.37. The molecule has 0 aliphatic carbocycles. The highest BCUT2D eigenvalue weighted by molar-refractivity contribution is 7.71. The Balaban J connectivity index is 1.55. The zero-order valence-corrected chi connectivity index (χ0v) is 15.6. The molecule has 3 heterocycles. The van der Waals surface area contributed by atoms with Gasteiger partial charge in [-0.1, -0.05) is 6.07 Å². The Hall–Kier alpha value is -1.96. The topological polar surface area (TPSA) is 43.4 Å². The Bertz CT molecular complexity index is 884. The zero-order valence-electron chi connectivity index (χ0n) is 13.9. The van der Waals surface area contributed by atoms with Gasteiger partial charge in [-0.25, -0.2) is 4.68 Å². The maximum Gasteiger partial charge on any atom is 0.288 e. The Morgan fingerprint density at radius 3 is 2.88 bits per heavy atom. The summed E-state index contributed by atoms with van der Waals surface area (Å²) in [7, 11) is 1.65. The molecule has 0 N–H and O–H groups in total. The summed E-state index contributed by atoms with van der Waals surface area (Å²) < 4.78 is 12.7. The van der Waals surface area contributed by atoms with E-state index in [9.17, 15) is 0 Å². The first-order chi connectivity index (χ1) is 12.2. The maximum atomic E-state index is 5.71. The van der Waals surface area contributed by atoms with Gasteiger partial charge in [0.1, 0.15) is 5.75 Å². The predicted molar refractivity (Wildman–Crippen MR) is 100 cm³/mol. The lowest BCUT2D eigenvalue weighted by Gasteiger charge is -2.22. The Labute approximate surface area is 155 Å². The van der Waals surface area contributed by atoms with E-state index in [0.717, 1.165) is 17.9 Å². The lowest BCUT2D eigenvalue weighted by Crippen LogP contribution is -2.26. The summed E-state index contributed by atoms with van der Waals surface area (Å²) >= 11 is 7.19. The third-order valence-electron chi connectivity index (χ3n) is 4.49. The van der Waals surface area contributed by atoms with Gasteiger partial charge in [0.2, 0.25) is 5.89 Å². The molecule has 4 rings (SSSR count). The van der Waals surface area contributed by atoms with Crippen molar-refractivity contribution in [1.29, 1.82) is 0 Å². The van der Waals surface area contributed by atoms with Crippen LogP contribution in [0.4, 0.5) is 0 Å². The van der Waals surface area contributed by atoms with Crippen molar-refractivity contribution < 1.29 is 9.15 Å². The third-order valence-corrected chi connectivity index (χ3v) is 5.76. The van der Waals surface area contributed by atoms with Crippen molar-refractivity contribution in [3.63, 3.8) is 0 Å². The molecule has 1 saturated heterocycles. The summed E-state index contributed by atoms with van der Waals surface area (Å²) in [5.41, 5.74) is 0.891. The van der Waals surface area contributed by atoms with Gasteiger partial charge in [0.05, 0.1) is 13.8 Å². The monoisotopic (exact) mass is 373 g/mol. The van der Waals surface area contributed by atoms with Crippen LogP contribution in [-0.4, -0.2) is 28.3 Å². The largest absolute Gasteiger partial charge is 0.497 e. The molecule has 0 saturated carbocycles. The maximum absolute atomic E-state index is 5.71. The Morgan fingerprint density at radius 2 is 2.16 bits per heavy atom. The number of likely N-dealkylation sites (tertiary alicyclic amines) is 1. The molecule has 0 unspecified atom stereocenters. The predicted octanol–water partition coefficient (Wildman–Crippen LogP) is 4.74. The molecule has 0 amide bonds. The van der Waals surface area contributed by atoms with Crippen LogP contribution in [-0.2, 0) is 6.67 Å². The van der Waals surface area contributed by atoms with E-state index < -0.39 is 0 Å². The number of aromatic nitrogens is 2. The molecule has 1 fully saturated rings. The fraction of sp³-hybridized carbons (Fsp3) is 0.333. The molecule has 5 nitrogen and oxygen atoms in total. The number of nitrogens with zero attached hydrogens (tertiary/aromatic N) is 3. The normalized spacial score (nSPS) is 17.9. The number of hydrogen-bond donors (Lipinski definition) is 0. The van der Waals surface area contributed by atoms with Crippen LogP contribution in [0.25, 0.3) is 11.5 Å². The third kappa shape index (κ3) is 3.40. The molecule has 0 radical (unpaired) electrons. The van der Waals surface area contributed by atoms with Crippen LogP contribution in [0.2, 0.25) is 0 Å². The van der Waals surface area contributed by atoms with Gasteiger partial charge in [0.15, 0.2) is 0 Å². The van der Waals surface area contributed by atoms with E-state index in [-0.39, 0.29) is 0 Å².